The van der Waals surface area contributed by atoms with Crippen LogP contribution in [0, 0.1) is 11.8 Å². The van der Waals surface area contributed by atoms with Gasteiger partial charge in [-0.25, -0.2) is 9.13 Å². The summed E-state index contributed by atoms with van der Waals surface area (Å²) in [6, 6.07) is 0. The third-order valence-electron chi connectivity index (χ3n) is 20.3. The quantitative estimate of drug-likeness (QED) is 0.0222. The highest BCUT2D eigenvalue weighted by Crippen LogP contribution is 2.45. The van der Waals surface area contributed by atoms with Crippen LogP contribution in [0.15, 0.2) is 0 Å². The van der Waals surface area contributed by atoms with Crippen molar-refractivity contribution in [1.82, 2.24) is 0 Å². The van der Waals surface area contributed by atoms with Crippen molar-refractivity contribution < 1.29 is 80.2 Å². The minimum absolute atomic E-state index is 0.108. The van der Waals surface area contributed by atoms with Gasteiger partial charge in [-0.1, -0.05) is 401 Å². The van der Waals surface area contributed by atoms with E-state index in [0.717, 1.165) is 102 Å². The second-order valence-corrected chi connectivity index (χ2v) is 34.2. The smallest absolute Gasteiger partial charge is 0.462 e. The van der Waals surface area contributed by atoms with E-state index in [2.05, 4.69) is 41.5 Å². The minimum Gasteiger partial charge on any atom is -0.462 e. The Balaban J connectivity index is 5.18. The van der Waals surface area contributed by atoms with Gasteiger partial charge in [0.05, 0.1) is 26.4 Å². The van der Waals surface area contributed by atoms with Gasteiger partial charge in [-0.2, -0.15) is 0 Å². The molecule has 104 heavy (non-hydrogen) atoms. The molecule has 0 aliphatic carbocycles. The first-order valence-electron chi connectivity index (χ1n) is 44.0. The fraction of sp³-hybridized carbons (Fsp3) is 0.953. The third kappa shape index (κ3) is 76.8. The summed E-state index contributed by atoms with van der Waals surface area (Å²) < 4.78 is 68.8. The van der Waals surface area contributed by atoms with Crippen LogP contribution in [-0.4, -0.2) is 96.7 Å². The van der Waals surface area contributed by atoms with E-state index in [-0.39, 0.29) is 25.7 Å². The van der Waals surface area contributed by atoms with Gasteiger partial charge in [-0.3, -0.25) is 37.3 Å². The van der Waals surface area contributed by atoms with E-state index in [4.69, 9.17) is 37.0 Å². The largest absolute Gasteiger partial charge is 0.472 e. The summed E-state index contributed by atoms with van der Waals surface area (Å²) in [4.78, 5) is 73.1. The van der Waals surface area contributed by atoms with Gasteiger partial charge in [-0.15, -0.1) is 0 Å². The molecule has 0 aromatic carbocycles. The zero-order valence-electron chi connectivity index (χ0n) is 68.3. The fourth-order valence-corrected chi connectivity index (χ4v) is 14.8. The van der Waals surface area contributed by atoms with E-state index in [9.17, 15) is 43.2 Å². The molecule has 0 heterocycles. The maximum atomic E-state index is 13.1. The van der Waals surface area contributed by atoms with Crippen molar-refractivity contribution >= 4 is 39.5 Å². The summed E-state index contributed by atoms with van der Waals surface area (Å²) >= 11 is 0. The maximum Gasteiger partial charge on any atom is 0.472 e. The molecule has 19 heteroatoms. The summed E-state index contributed by atoms with van der Waals surface area (Å²) in [6.45, 7) is 9.74. The van der Waals surface area contributed by atoms with E-state index >= 15 is 0 Å². The lowest BCUT2D eigenvalue weighted by Crippen LogP contribution is -2.30. The Hall–Kier alpha value is -1.94. The van der Waals surface area contributed by atoms with Gasteiger partial charge in [0.25, 0.3) is 0 Å². The molecular formula is C85H166O17P2. The molecule has 0 aromatic rings. The number of esters is 4. The van der Waals surface area contributed by atoms with Gasteiger partial charge in [0.1, 0.15) is 19.3 Å². The Bertz CT molecular complexity index is 2000. The molecule has 0 fully saturated rings. The molecule has 0 saturated carbocycles. The Labute approximate surface area is 638 Å². The summed E-state index contributed by atoms with van der Waals surface area (Å²) in [7, 11) is -9.92. The molecule has 17 nitrogen and oxygen atoms in total. The monoisotopic (exact) mass is 1520 g/mol. The summed E-state index contributed by atoms with van der Waals surface area (Å²) in [5.74, 6) is -0.411. The van der Waals surface area contributed by atoms with Gasteiger partial charge < -0.3 is 33.8 Å². The van der Waals surface area contributed by atoms with Crippen LogP contribution in [0.25, 0.3) is 0 Å². The van der Waals surface area contributed by atoms with Crippen LogP contribution in [-0.2, 0) is 65.4 Å². The molecular weight excluding hydrogens is 1350 g/mol. The highest BCUT2D eigenvalue weighted by Gasteiger charge is 2.30. The number of aliphatic hydroxyl groups excluding tert-OH is 1. The molecule has 0 aliphatic rings. The molecule has 0 rings (SSSR count). The SMILES string of the molecule is CCCCCCCCCCCCCCC(=O)O[C@H](COC(=O)CCCCCCCCCCC)COP(=O)(O)OC[C@H](O)COP(=O)(O)OC[C@@H](COC(=O)CCCCCCCCCCCCCCCCCCCCC(C)C)OC(=O)CCCCCCCCCCCCCCCCCCCCC(C)CC. The average Bonchev–Trinajstić information content (AvgIpc) is 0.903. The highest BCUT2D eigenvalue weighted by atomic mass is 31.2. The van der Waals surface area contributed by atoms with E-state index in [1.807, 2.05) is 0 Å². The molecule has 0 aliphatic heterocycles. The molecule has 0 radical (unpaired) electrons. The number of hydrogen-bond acceptors (Lipinski definition) is 15. The van der Waals surface area contributed by atoms with E-state index in [0.29, 0.717) is 25.7 Å². The third-order valence-corrected chi connectivity index (χ3v) is 22.2. The second-order valence-electron chi connectivity index (χ2n) is 31.3. The van der Waals surface area contributed by atoms with Crippen LogP contribution < -0.4 is 0 Å². The first kappa shape index (κ1) is 102. The first-order valence-corrected chi connectivity index (χ1v) is 47.0. The molecule has 0 bridgehead atoms. The first-order chi connectivity index (χ1) is 50.4. The van der Waals surface area contributed by atoms with Gasteiger partial charge in [-0.05, 0) is 37.5 Å². The number of hydrogen-bond donors (Lipinski definition) is 3. The van der Waals surface area contributed by atoms with Crippen molar-refractivity contribution in [2.24, 2.45) is 11.8 Å². The van der Waals surface area contributed by atoms with Gasteiger partial charge in [0, 0.05) is 25.7 Å². The number of aliphatic hydroxyl groups is 1. The minimum atomic E-state index is -4.96. The van der Waals surface area contributed by atoms with Crippen LogP contribution in [0.4, 0.5) is 0 Å². The maximum absolute atomic E-state index is 13.1. The highest BCUT2D eigenvalue weighted by molar-refractivity contribution is 7.47. The Kier molecular flexibility index (Phi) is 75.0. The van der Waals surface area contributed by atoms with Crippen LogP contribution in [0.3, 0.4) is 0 Å². The summed E-state index contributed by atoms with van der Waals surface area (Å²) in [6.07, 6.45) is 68.1. The van der Waals surface area contributed by atoms with Crippen LogP contribution in [0.1, 0.15) is 452 Å². The van der Waals surface area contributed by atoms with E-state index < -0.39 is 97.5 Å². The molecule has 0 spiro atoms. The van der Waals surface area contributed by atoms with Crippen molar-refractivity contribution in [3.05, 3.63) is 0 Å². The zero-order chi connectivity index (χ0) is 76.4. The molecule has 0 saturated heterocycles. The topological polar surface area (TPSA) is 237 Å². The lowest BCUT2D eigenvalue weighted by atomic mass is 9.99. The van der Waals surface area contributed by atoms with E-state index in [1.165, 1.54) is 270 Å². The number of ether oxygens (including phenoxy) is 4. The number of unbranched alkanes of at least 4 members (excludes halogenated alkanes) is 53. The van der Waals surface area contributed by atoms with Crippen molar-refractivity contribution in [2.45, 2.75) is 471 Å². The Morgan fingerprint density at radius 2 is 0.490 bits per heavy atom. The summed E-state index contributed by atoms with van der Waals surface area (Å²) in [5, 5.41) is 10.6. The molecule has 0 aromatic heterocycles. The van der Waals surface area contributed by atoms with Gasteiger partial charge in [0.15, 0.2) is 12.2 Å². The lowest BCUT2D eigenvalue weighted by Gasteiger charge is -2.21. The second kappa shape index (κ2) is 76.4. The number of phosphoric acid groups is 2. The van der Waals surface area contributed by atoms with Crippen molar-refractivity contribution in [3.8, 4) is 0 Å². The van der Waals surface area contributed by atoms with Gasteiger partial charge in [0.2, 0.25) is 0 Å². The van der Waals surface area contributed by atoms with Crippen LogP contribution in [0.2, 0.25) is 0 Å². The molecule has 6 atom stereocenters. The fourth-order valence-electron chi connectivity index (χ4n) is 13.2. The standard InChI is InChI=1S/C85H166O17P2/c1-7-10-12-14-16-18-19-38-45-51-57-63-69-84(89)101-80(73-95-82(87)67-61-55-49-41-17-15-13-11-8-2)75-99-103(91,92)97-71-79(86)72-98-104(93,94)100-76-81(74-96-83(88)68-62-56-50-44-39-34-30-26-22-20-24-28-32-36-42-47-53-59-65-77(4)5)102-85(90)70-64-58-52-46-40-35-31-27-23-21-25-29-33-37-43-48-54-60-66-78(6)9-3/h77-81,86H,7-76H2,1-6H3,(H,91,92)(H,93,94)/t78?,79-,80+,81+/m0/s1. The summed E-state index contributed by atoms with van der Waals surface area (Å²) in [5.41, 5.74) is 0. The van der Waals surface area contributed by atoms with Crippen LogP contribution in [0.5, 0.6) is 0 Å². The Morgan fingerprint density at radius 3 is 0.731 bits per heavy atom. The van der Waals surface area contributed by atoms with Crippen LogP contribution >= 0.6 is 15.6 Å². The lowest BCUT2D eigenvalue weighted by molar-refractivity contribution is -0.161. The normalized spacial score (nSPS) is 14.1. The number of phosphoric ester groups is 2. The molecule has 618 valence electrons. The number of carbonyl (C=O) groups is 4. The number of carbonyl (C=O) groups excluding carboxylic acids is 4. The average molecular weight is 1520 g/mol. The molecule has 3 N–H and O–H groups in total. The van der Waals surface area contributed by atoms with Crippen molar-refractivity contribution in [3.63, 3.8) is 0 Å². The number of rotatable bonds is 84. The predicted molar refractivity (Wildman–Crippen MR) is 428 cm³/mol. The van der Waals surface area contributed by atoms with Gasteiger partial charge >= 0.3 is 39.5 Å². The predicted octanol–water partition coefficient (Wildman–Crippen LogP) is 25.8. The van der Waals surface area contributed by atoms with Crippen molar-refractivity contribution in [2.75, 3.05) is 39.6 Å². The molecule has 3 unspecified atom stereocenters. The molecule has 0 amide bonds. The Morgan fingerprint density at radius 1 is 0.279 bits per heavy atom. The van der Waals surface area contributed by atoms with E-state index in [1.54, 1.807) is 0 Å². The zero-order valence-corrected chi connectivity index (χ0v) is 70.1. The van der Waals surface area contributed by atoms with Crippen molar-refractivity contribution in [1.29, 1.82) is 0 Å².